The SMILES string of the molecule is CCCCCCCCc1ccc(CCOC(=O)CC(=O)O)cc1. The molecule has 1 aromatic carbocycles. The molecule has 4 heteroatoms. The highest BCUT2D eigenvalue weighted by molar-refractivity contribution is 5.90. The number of carboxylic acid groups (broad SMARTS) is 1. The normalized spacial score (nSPS) is 10.5. The van der Waals surface area contributed by atoms with Gasteiger partial charge in [-0.3, -0.25) is 9.59 Å². The average molecular weight is 320 g/mol. The van der Waals surface area contributed by atoms with Crippen molar-refractivity contribution in [1.82, 2.24) is 0 Å². The van der Waals surface area contributed by atoms with Gasteiger partial charge in [-0.15, -0.1) is 0 Å². The molecule has 0 aliphatic carbocycles. The molecule has 1 aromatic rings. The van der Waals surface area contributed by atoms with Gasteiger partial charge >= 0.3 is 11.9 Å². The van der Waals surface area contributed by atoms with E-state index in [4.69, 9.17) is 9.84 Å². The Morgan fingerprint density at radius 3 is 2.09 bits per heavy atom. The minimum Gasteiger partial charge on any atom is -0.481 e. The quantitative estimate of drug-likeness (QED) is 0.357. The number of rotatable bonds is 12. The summed E-state index contributed by atoms with van der Waals surface area (Å²) >= 11 is 0. The van der Waals surface area contributed by atoms with Crippen LogP contribution in [0.5, 0.6) is 0 Å². The topological polar surface area (TPSA) is 63.6 Å². The van der Waals surface area contributed by atoms with Crippen LogP contribution in [0.15, 0.2) is 24.3 Å². The molecule has 0 spiro atoms. The van der Waals surface area contributed by atoms with E-state index in [0.29, 0.717) is 6.42 Å². The number of aliphatic carboxylic acids is 1. The van der Waals surface area contributed by atoms with Crippen LogP contribution in [-0.4, -0.2) is 23.7 Å². The summed E-state index contributed by atoms with van der Waals surface area (Å²) in [5.74, 6) is -1.84. The molecule has 0 amide bonds. The summed E-state index contributed by atoms with van der Waals surface area (Å²) in [5.41, 5.74) is 2.44. The second kappa shape index (κ2) is 11.7. The zero-order valence-corrected chi connectivity index (χ0v) is 14.1. The fourth-order valence-electron chi connectivity index (χ4n) is 2.44. The van der Waals surface area contributed by atoms with Crippen molar-refractivity contribution < 1.29 is 19.4 Å². The molecular weight excluding hydrogens is 292 g/mol. The third-order valence-corrected chi connectivity index (χ3v) is 3.79. The molecule has 128 valence electrons. The van der Waals surface area contributed by atoms with Gasteiger partial charge in [-0.2, -0.15) is 0 Å². The maximum atomic E-state index is 11.1. The number of hydrogen-bond donors (Lipinski definition) is 1. The lowest BCUT2D eigenvalue weighted by Crippen LogP contribution is -2.12. The lowest BCUT2D eigenvalue weighted by atomic mass is 10.0. The third kappa shape index (κ3) is 9.72. The summed E-state index contributed by atoms with van der Waals surface area (Å²) in [4.78, 5) is 21.4. The summed E-state index contributed by atoms with van der Waals surface area (Å²) in [6.07, 6.45) is 8.97. The molecule has 0 bridgehead atoms. The Hall–Kier alpha value is -1.84. The molecule has 1 N–H and O–H groups in total. The summed E-state index contributed by atoms with van der Waals surface area (Å²) in [7, 11) is 0. The first kappa shape index (κ1) is 19.2. The first-order chi connectivity index (χ1) is 11.1. The molecule has 0 aromatic heterocycles. The van der Waals surface area contributed by atoms with E-state index in [1.807, 2.05) is 0 Å². The Morgan fingerprint density at radius 1 is 0.913 bits per heavy atom. The third-order valence-electron chi connectivity index (χ3n) is 3.79. The summed E-state index contributed by atoms with van der Waals surface area (Å²) in [5, 5.41) is 8.46. The molecule has 0 saturated heterocycles. The number of esters is 1. The molecule has 0 aliphatic rings. The molecule has 0 unspecified atom stereocenters. The van der Waals surface area contributed by atoms with Crippen molar-refractivity contribution in [1.29, 1.82) is 0 Å². The van der Waals surface area contributed by atoms with Gasteiger partial charge in [0.05, 0.1) is 6.61 Å². The molecule has 0 aliphatic heterocycles. The van der Waals surface area contributed by atoms with E-state index in [2.05, 4.69) is 31.2 Å². The van der Waals surface area contributed by atoms with Crippen LogP contribution in [0.2, 0.25) is 0 Å². The maximum Gasteiger partial charge on any atom is 0.317 e. The van der Waals surface area contributed by atoms with Gasteiger partial charge in [0.15, 0.2) is 0 Å². The molecule has 0 heterocycles. The van der Waals surface area contributed by atoms with Crippen molar-refractivity contribution >= 4 is 11.9 Å². The number of benzene rings is 1. The highest BCUT2D eigenvalue weighted by Crippen LogP contribution is 2.11. The van der Waals surface area contributed by atoms with Crippen LogP contribution in [0.4, 0.5) is 0 Å². The number of carbonyl (C=O) groups is 2. The Morgan fingerprint density at radius 2 is 1.48 bits per heavy atom. The predicted octanol–water partition coefficient (Wildman–Crippen LogP) is 4.15. The van der Waals surface area contributed by atoms with E-state index in [1.54, 1.807) is 0 Å². The van der Waals surface area contributed by atoms with Crippen molar-refractivity contribution in [3.8, 4) is 0 Å². The van der Waals surface area contributed by atoms with Gasteiger partial charge in [0.1, 0.15) is 6.42 Å². The predicted molar refractivity (Wildman–Crippen MR) is 90.4 cm³/mol. The molecule has 23 heavy (non-hydrogen) atoms. The van der Waals surface area contributed by atoms with E-state index < -0.39 is 18.4 Å². The Kier molecular flexibility index (Phi) is 9.76. The van der Waals surface area contributed by atoms with Gasteiger partial charge in [-0.05, 0) is 24.0 Å². The van der Waals surface area contributed by atoms with Crippen LogP contribution in [0.3, 0.4) is 0 Å². The lowest BCUT2D eigenvalue weighted by molar-refractivity contribution is -0.151. The molecule has 0 atom stereocenters. The number of carbonyl (C=O) groups excluding carboxylic acids is 1. The molecule has 4 nitrogen and oxygen atoms in total. The molecule has 0 saturated carbocycles. The highest BCUT2D eigenvalue weighted by atomic mass is 16.5. The minimum atomic E-state index is -1.16. The zero-order chi connectivity index (χ0) is 16.9. The first-order valence-electron chi connectivity index (χ1n) is 8.57. The molecule has 1 rings (SSSR count). The van der Waals surface area contributed by atoms with Crippen molar-refractivity contribution in [2.45, 2.75) is 64.7 Å². The van der Waals surface area contributed by atoms with E-state index in [0.717, 1.165) is 12.0 Å². The van der Waals surface area contributed by atoms with E-state index >= 15 is 0 Å². The van der Waals surface area contributed by atoms with Crippen molar-refractivity contribution in [3.05, 3.63) is 35.4 Å². The van der Waals surface area contributed by atoms with Crippen LogP contribution < -0.4 is 0 Å². The first-order valence-corrected chi connectivity index (χ1v) is 8.57. The smallest absolute Gasteiger partial charge is 0.317 e. The van der Waals surface area contributed by atoms with Crippen LogP contribution >= 0.6 is 0 Å². The fourth-order valence-corrected chi connectivity index (χ4v) is 2.44. The van der Waals surface area contributed by atoms with Gasteiger partial charge in [0.25, 0.3) is 0 Å². The molecule has 0 fully saturated rings. The number of hydrogen-bond acceptors (Lipinski definition) is 3. The van der Waals surface area contributed by atoms with Gasteiger partial charge < -0.3 is 9.84 Å². The van der Waals surface area contributed by atoms with Gasteiger partial charge in [0.2, 0.25) is 0 Å². The molecule has 0 radical (unpaired) electrons. The van der Waals surface area contributed by atoms with Crippen LogP contribution in [0.25, 0.3) is 0 Å². The van der Waals surface area contributed by atoms with Gasteiger partial charge in [-0.1, -0.05) is 63.3 Å². The van der Waals surface area contributed by atoms with Gasteiger partial charge in [-0.25, -0.2) is 0 Å². The monoisotopic (exact) mass is 320 g/mol. The second-order valence-electron chi connectivity index (χ2n) is 5.88. The number of ether oxygens (including phenoxy) is 1. The van der Waals surface area contributed by atoms with Crippen molar-refractivity contribution in [2.24, 2.45) is 0 Å². The minimum absolute atomic E-state index is 0.225. The average Bonchev–Trinajstić information content (AvgIpc) is 2.51. The van der Waals surface area contributed by atoms with E-state index in [1.165, 1.54) is 44.1 Å². The Bertz CT molecular complexity index is 465. The zero-order valence-electron chi connectivity index (χ0n) is 14.1. The standard InChI is InChI=1S/C19H28O4/c1-2-3-4-5-6-7-8-16-9-11-17(12-10-16)13-14-23-19(22)15-18(20)21/h9-12H,2-8,13-15H2,1H3,(H,20,21). The summed E-state index contributed by atoms with van der Waals surface area (Å²) in [6.45, 7) is 2.46. The van der Waals surface area contributed by atoms with Crippen LogP contribution in [0, 0.1) is 0 Å². The molecular formula is C19H28O4. The number of aryl methyl sites for hydroxylation is 1. The number of unbranched alkanes of at least 4 members (excludes halogenated alkanes) is 5. The van der Waals surface area contributed by atoms with Crippen LogP contribution in [-0.2, 0) is 27.2 Å². The van der Waals surface area contributed by atoms with Crippen molar-refractivity contribution in [3.63, 3.8) is 0 Å². The van der Waals surface area contributed by atoms with E-state index in [-0.39, 0.29) is 6.61 Å². The number of carboxylic acids is 1. The summed E-state index contributed by atoms with van der Waals surface area (Å²) in [6, 6.07) is 8.36. The highest BCUT2D eigenvalue weighted by Gasteiger charge is 2.08. The van der Waals surface area contributed by atoms with Crippen molar-refractivity contribution in [2.75, 3.05) is 6.61 Å². The fraction of sp³-hybridized carbons (Fsp3) is 0.579. The largest absolute Gasteiger partial charge is 0.481 e. The lowest BCUT2D eigenvalue weighted by Gasteiger charge is -2.06. The van der Waals surface area contributed by atoms with E-state index in [9.17, 15) is 9.59 Å². The van der Waals surface area contributed by atoms with Gasteiger partial charge in [0, 0.05) is 6.42 Å². The second-order valence-corrected chi connectivity index (χ2v) is 5.88. The summed E-state index contributed by atoms with van der Waals surface area (Å²) < 4.78 is 4.88. The van der Waals surface area contributed by atoms with Crippen LogP contribution in [0.1, 0.15) is 63.0 Å². The maximum absolute atomic E-state index is 11.1. The Balaban J connectivity index is 2.17. The Labute approximate surface area is 138 Å².